The average molecular weight is 271 g/mol. The molecule has 0 saturated carbocycles. The zero-order valence-electron chi connectivity index (χ0n) is 10.7. The van der Waals surface area contributed by atoms with Crippen LogP contribution in [-0.2, 0) is 13.0 Å². The fourth-order valence-electron chi connectivity index (χ4n) is 1.91. The van der Waals surface area contributed by atoms with Crippen molar-refractivity contribution in [2.75, 3.05) is 6.54 Å². The number of hydrogen-bond acceptors (Lipinski definition) is 6. The Labute approximate surface area is 114 Å². The van der Waals surface area contributed by atoms with Gasteiger partial charge in [-0.15, -0.1) is 0 Å². The van der Waals surface area contributed by atoms with Gasteiger partial charge in [0, 0.05) is 31.8 Å². The van der Waals surface area contributed by atoms with E-state index in [0.717, 1.165) is 0 Å². The van der Waals surface area contributed by atoms with E-state index in [-0.39, 0.29) is 5.56 Å². The summed E-state index contributed by atoms with van der Waals surface area (Å²) < 4.78 is 6.17. The van der Waals surface area contributed by atoms with Crippen LogP contribution in [0.4, 0.5) is 0 Å². The maximum absolute atomic E-state index is 11.9. The summed E-state index contributed by atoms with van der Waals surface area (Å²) in [6, 6.07) is 7.01. The molecule has 0 saturated heterocycles. The highest BCUT2D eigenvalue weighted by atomic mass is 16.5. The summed E-state index contributed by atoms with van der Waals surface area (Å²) in [6.07, 6.45) is 3.68. The molecule has 3 heterocycles. The maximum atomic E-state index is 11.9. The Bertz CT molecular complexity index is 751. The van der Waals surface area contributed by atoms with E-state index in [4.69, 9.17) is 0 Å². The predicted octanol–water partition coefficient (Wildman–Crippen LogP) is 0.410. The highest BCUT2D eigenvalue weighted by Gasteiger charge is 2.02. The Kier molecular flexibility index (Phi) is 3.51. The smallest absolute Gasteiger partial charge is 0.258 e. The van der Waals surface area contributed by atoms with Gasteiger partial charge < -0.3 is 9.84 Å². The normalized spacial score (nSPS) is 11.0. The summed E-state index contributed by atoms with van der Waals surface area (Å²) in [4.78, 5) is 20.2. The van der Waals surface area contributed by atoms with Crippen LogP contribution in [0.15, 0.2) is 46.2 Å². The number of nitrogens with one attached hydrogen (secondary N) is 1. The van der Waals surface area contributed by atoms with Crippen LogP contribution in [0.25, 0.3) is 5.65 Å². The summed E-state index contributed by atoms with van der Waals surface area (Å²) in [5, 5.41) is 6.92. The van der Waals surface area contributed by atoms with Crippen molar-refractivity contribution >= 4 is 5.65 Å². The van der Waals surface area contributed by atoms with Crippen molar-refractivity contribution in [3.8, 4) is 0 Å². The number of hydrogen-bond donors (Lipinski definition) is 1. The van der Waals surface area contributed by atoms with Gasteiger partial charge in [0.25, 0.3) is 5.56 Å². The molecule has 7 heteroatoms. The molecule has 0 aliphatic rings. The van der Waals surface area contributed by atoms with Crippen molar-refractivity contribution in [2.24, 2.45) is 0 Å². The molecule has 20 heavy (non-hydrogen) atoms. The van der Waals surface area contributed by atoms with Gasteiger partial charge in [0.05, 0.1) is 5.69 Å². The van der Waals surface area contributed by atoms with E-state index in [9.17, 15) is 4.79 Å². The van der Waals surface area contributed by atoms with Crippen LogP contribution in [0.1, 0.15) is 11.5 Å². The van der Waals surface area contributed by atoms with Crippen LogP contribution in [0, 0.1) is 0 Å². The maximum Gasteiger partial charge on any atom is 0.258 e. The molecule has 7 nitrogen and oxygen atoms in total. The number of fused-ring (bicyclic) bond motifs is 1. The van der Waals surface area contributed by atoms with E-state index in [1.807, 2.05) is 12.1 Å². The van der Waals surface area contributed by atoms with Gasteiger partial charge in [0.1, 0.15) is 5.65 Å². The van der Waals surface area contributed by atoms with Gasteiger partial charge in [-0.25, -0.2) is 4.98 Å². The number of rotatable bonds is 5. The fraction of sp³-hybridized carbons (Fsp3) is 0.231. The lowest BCUT2D eigenvalue weighted by Crippen LogP contribution is -2.21. The average Bonchev–Trinajstić information content (AvgIpc) is 2.97. The molecule has 0 aliphatic carbocycles. The molecule has 0 atom stereocenters. The van der Waals surface area contributed by atoms with Gasteiger partial charge in [-0.1, -0.05) is 11.2 Å². The second-order valence-electron chi connectivity index (χ2n) is 4.29. The molecular weight excluding hydrogens is 258 g/mol. The Balaban J connectivity index is 1.64. The second kappa shape index (κ2) is 5.62. The van der Waals surface area contributed by atoms with Gasteiger partial charge in [-0.05, 0) is 12.1 Å². The van der Waals surface area contributed by atoms with Crippen LogP contribution in [0.2, 0.25) is 0 Å². The molecule has 0 unspecified atom stereocenters. The Morgan fingerprint density at radius 2 is 2.30 bits per heavy atom. The quantitative estimate of drug-likeness (QED) is 0.676. The van der Waals surface area contributed by atoms with Crippen LogP contribution in [0.3, 0.4) is 0 Å². The van der Waals surface area contributed by atoms with Gasteiger partial charge in [-0.3, -0.25) is 9.20 Å². The minimum atomic E-state index is -0.0782. The standard InChI is InChI=1S/C13H13N5O2/c19-13-7-10(16-12-3-1-2-6-18(12)13)8-14-5-4-11-15-9-20-17-11/h1-3,6-7,9,14H,4-5,8H2. The zero-order valence-corrected chi connectivity index (χ0v) is 10.7. The van der Waals surface area contributed by atoms with Gasteiger partial charge in [0.15, 0.2) is 5.82 Å². The summed E-state index contributed by atoms with van der Waals surface area (Å²) in [5.41, 5.74) is 1.29. The van der Waals surface area contributed by atoms with Gasteiger partial charge in [-0.2, -0.15) is 4.98 Å². The number of aromatic nitrogens is 4. The molecule has 0 radical (unpaired) electrons. The van der Waals surface area contributed by atoms with E-state index in [0.29, 0.717) is 36.7 Å². The molecule has 102 valence electrons. The highest BCUT2D eigenvalue weighted by molar-refractivity contribution is 5.37. The van der Waals surface area contributed by atoms with Crippen molar-refractivity contribution in [3.63, 3.8) is 0 Å². The molecule has 3 aromatic rings. The van der Waals surface area contributed by atoms with Gasteiger partial charge >= 0.3 is 0 Å². The first-order chi connectivity index (χ1) is 9.83. The third kappa shape index (κ3) is 2.72. The lowest BCUT2D eigenvalue weighted by molar-refractivity contribution is 0.409. The van der Waals surface area contributed by atoms with Crippen molar-refractivity contribution in [1.82, 2.24) is 24.8 Å². The van der Waals surface area contributed by atoms with Crippen LogP contribution in [0.5, 0.6) is 0 Å². The highest BCUT2D eigenvalue weighted by Crippen LogP contribution is 1.98. The first-order valence-corrected chi connectivity index (χ1v) is 6.26. The lowest BCUT2D eigenvalue weighted by atomic mass is 10.3. The molecular formula is C13H13N5O2. The number of nitrogens with zero attached hydrogens (tertiary/aromatic N) is 4. The van der Waals surface area contributed by atoms with E-state index in [2.05, 4.69) is 25.0 Å². The molecule has 0 fully saturated rings. The van der Waals surface area contributed by atoms with Crippen molar-refractivity contribution < 1.29 is 4.52 Å². The SMILES string of the molecule is O=c1cc(CNCCc2ncon2)nc2ccccn12. The van der Waals surface area contributed by atoms with Crippen LogP contribution < -0.4 is 10.9 Å². The van der Waals surface area contributed by atoms with E-state index in [1.165, 1.54) is 16.9 Å². The Morgan fingerprint density at radius 1 is 1.35 bits per heavy atom. The summed E-state index contributed by atoms with van der Waals surface area (Å²) in [6.45, 7) is 1.22. The fourth-order valence-corrected chi connectivity index (χ4v) is 1.91. The summed E-state index contributed by atoms with van der Waals surface area (Å²) in [5.74, 6) is 0.657. The first kappa shape index (κ1) is 12.5. The van der Waals surface area contributed by atoms with E-state index < -0.39 is 0 Å². The van der Waals surface area contributed by atoms with Crippen molar-refractivity contribution in [1.29, 1.82) is 0 Å². The van der Waals surface area contributed by atoms with Crippen LogP contribution >= 0.6 is 0 Å². The first-order valence-electron chi connectivity index (χ1n) is 6.26. The second-order valence-corrected chi connectivity index (χ2v) is 4.29. The Hall–Kier alpha value is -2.54. The molecule has 1 N–H and O–H groups in total. The Morgan fingerprint density at radius 3 is 3.15 bits per heavy atom. The predicted molar refractivity (Wildman–Crippen MR) is 71.2 cm³/mol. The third-order valence-corrected chi connectivity index (χ3v) is 2.86. The molecule has 0 bridgehead atoms. The molecule has 3 rings (SSSR count). The third-order valence-electron chi connectivity index (χ3n) is 2.86. The van der Waals surface area contributed by atoms with E-state index >= 15 is 0 Å². The lowest BCUT2D eigenvalue weighted by Gasteiger charge is -2.04. The molecule has 0 spiro atoms. The molecule has 0 amide bonds. The molecule has 0 aromatic carbocycles. The minimum absolute atomic E-state index is 0.0782. The summed E-state index contributed by atoms with van der Waals surface area (Å²) in [7, 11) is 0. The van der Waals surface area contributed by atoms with Crippen LogP contribution in [-0.4, -0.2) is 26.1 Å². The van der Waals surface area contributed by atoms with Crippen molar-refractivity contribution in [2.45, 2.75) is 13.0 Å². The summed E-state index contributed by atoms with van der Waals surface area (Å²) >= 11 is 0. The molecule has 3 aromatic heterocycles. The largest absolute Gasteiger partial charge is 0.343 e. The number of pyridine rings is 1. The monoisotopic (exact) mass is 271 g/mol. The molecule has 0 aliphatic heterocycles. The zero-order chi connectivity index (χ0) is 13.8. The van der Waals surface area contributed by atoms with Gasteiger partial charge in [0.2, 0.25) is 6.39 Å². The minimum Gasteiger partial charge on any atom is -0.343 e. The van der Waals surface area contributed by atoms with E-state index in [1.54, 1.807) is 12.3 Å². The topological polar surface area (TPSA) is 85.3 Å². The van der Waals surface area contributed by atoms with Crippen molar-refractivity contribution in [3.05, 3.63) is 58.7 Å².